The lowest BCUT2D eigenvalue weighted by Crippen LogP contribution is -2.41. The van der Waals surface area contributed by atoms with Crippen LogP contribution in [-0.4, -0.2) is 31.1 Å². The van der Waals surface area contributed by atoms with E-state index in [1.54, 1.807) is 18.3 Å². The van der Waals surface area contributed by atoms with Crippen LogP contribution in [0.3, 0.4) is 0 Å². The van der Waals surface area contributed by atoms with E-state index in [9.17, 15) is 0 Å². The van der Waals surface area contributed by atoms with Gasteiger partial charge in [0.15, 0.2) is 0 Å². The van der Waals surface area contributed by atoms with Crippen LogP contribution < -0.4 is 4.74 Å². The summed E-state index contributed by atoms with van der Waals surface area (Å²) < 4.78 is 5.41. The van der Waals surface area contributed by atoms with Crippen molar-refractivity contribution in [1.29, 1.82) is 0 Å². The molecule has 4 aromatic rings. The van der Waals surface area contributed by atoms with Gasteiger partial charge in [0.05, 0.1) is 7.11 Å². The number of rotatable bonds is 5. The van der Waals surface area contributed by atoms with Gasteiger partial charge in [0.2, 0.25) is 0 Å². The lowest BCUT2D eigenvalue weighted by atomic mass is 9.83. The summed E-state index contributed by atoms with van der Waals surface area (Å²) in [7, 11) is 1.74. The first kappa shape index (κ1) is 23.0. The summed E-state index contributed by atoms with van der Waals surface area (Å²) in [6.07, 6.45) is 6.64. The van der Waals surface area contributed by atoms with Crippen molar-refractivity contribution in [3.63, 3.8) is 0 Å². The Bertz CT molecular complexity index is 1500. The summed E-state index contributed by atoms with van der Waals surface area (Å²) in [6.45, 7) is 4.81. The Balaban J connectivity index is 1.12. The highest BCUT2D eigenvalue weighted by molar-refractivity contribution is 5.88. The molecule has 1 heterocycles. The highest BCUT2D eigenvalue weighted by atomic mass is 16.5. The number of hydrogen-bond donors (Lipinski definition) is 0. The smallest absolute Gasteiger partial charge is 0.119 e. The summed E-state index contributed by atoms with van der Waals surface area (Å²) in [4.78, 5) is 2.79. The Kier molecular flexibility index (Phi) is 5.81. The molecule has 4 atom stereocenters. The van der Waals surface area contributed by atoms with Gasteiger partial charge in [0.25, 0.3) is 0 Å². The molecule has 2 aliphatic carbocycles. The molecule has 2 heteroatoms. The van der Waals surface area contributed by atoms with Crippen LogP contribution in [0.5, 0.6) is 5.75 Å². The van der Waals surface area contributed by atoms with Gasteiger partial charge in [0.1, 0.15) is 5.75 Å². The molecule has 3 aliphatic rings. The van der Waals surface area contributed by atoms with E-state index >= 15 is 0 Å². The van der Waals surface area contributed by atoms with Crippen LogP contribution in [0, 0.1) is 11.8 Å². The van der Waals surface area contributed by atoms with Gasteiger partial charge in [-0.15, -0.1) is 0 Å². The van der Waals surface area contributed by atoms with Gasteiger partial charge in [-0.2, -0.15) is 0 Å². The minimum Gasteiger partial charge on any atom is -0.497 e. The lowest BCUT2D eigenvalue weighted by Gasteiger charge is -2.39. The van der Waals surface area contributed by atoms with Crippen molar-refractivity contribution >= 4 is 27.1 Å². The quantitative estimate of drug-likeness (QED) is 0.280. The number of ether oxygens (including phenoxy) is 1. The standard InChI is InChI=1S/C35H37NO/c1-23-17-29(26-8-9-28-21-33(37-2)14-13-27(28)18-26)15-16-36(23)22-34-30-10-12-32(20-30)35(34)31-11-7-24-5-3-4-6-25(24)19-31/h3-9,11,13-14,18-19,21,23,29-30,32H,10,12,15-17,20,22H2,1-2H3. The summed E-state index contributed by atoms with van der Waals surface area (Å²) in [6, 6.07) is 30.0. The van der Waals surface area contributed by atoms with E-state index in [1.807, 2.05) is 0 Å². The first-order valence-corrected chi connectivity index (χ1v) is 14.2. The molecule has 0 aromatic heterocycles. The van der Waals surface area contributed by atoms with Gasteiger partial charge in [-0.05, 0) is 125 Å². The summed E-state index contributed by atoms with van der Waals surface area (Å²) in [5.74, 6) is 3.14. The van der Waals surface area contributed by atoms with Crippen LogP contribution in [0.1, 0.15) is 56.1 Å². The van der Waals surface area contributed by atoms with E-state index in [0.29, 0.717) is 12.0 Å². The first-order valence-electron chi connectivity index (χ1n) is 14.2. The third kappa shape index (κ3) is 4.16. The maximum Gasteiger partial charge on any atom is 0.119 e. The number of hydrogen-bond acceptors (Lipinski definition) is 2. The molecule has 2 bridgehead atoms. The van der Waals surface area contributed by atoms with Crippen molar-refractivity contribution in [3.05, 3.63) is 95.6 Å². The number of likely N-dealkylation sites (tertiary alicyclic amines) is 1. The molecule has 37 heavy (non-hydrogen) atoms. The predicted molar refractivity (Wildman–Crippen MR) is 155 cm³/mol. The predicted octanol–water partition coefficient (Wildman–Crippen LogP) is 8.45. The molecule has 0 N–H and O–H groups in total. The van der Waals surface area contributed by atoms with E-state index in [0.717, 1.165) is 24.1 Å². The molecule has 0 amide bonds. The fraction of sp³-hybridized carbons (Fsp3) is 0.371. The summed E-state index contributed by atoms with van der Waals surface area (Å²) >= 11 is 0. The lowest BCUT2D eigenvalue weighted by molar-refractivity contribution is 0.156. The maximum absolute atomic E-state index is 5.41. The molecule has 4 unspecified atom stereocenters. The highest BCUT2D eigenvalue weighted by Crippen LogP contribution is 2.53. The maximum atomic E-state index is 5.41. The number of fused-ring (bicyclic) bond motifs is 4. The molecule has 2 fully saturated rings. The van der Waals surface area contributed by atoms with E-state index < -0.39 is 0 Å². The second kappa shape index (κ2) is 9.33. The monoisotopic (exact) mass is 487 g/mol. The van der Waals surface area contributed by atoms with Crippen LogP contribution in [0.2, 0.25) is 0 Å². The highest BCUT2D eigenvalue weighted by Gasteiger charge is 2.40. The number of nitrogens with zero attached hydrogens (tertiary/aromatic N) is 1. The molecule has 0 radical (unpaired) electrons. The largest absolute Gasteiger partial charge is 0.497 e. The minimum atomic E-state index is 0.606. The van der Waals surface area contributed by atoms with Crippen LogP contribution in [0.25, 0.3) is 27.1 Å². The summed E-state index contributed by atoms with van der Waals surface area (Å²) in [5, 5.41) is 5.30. The van der Waals surface area contributed by atoms with Gasteiger partial charge >= 0.3 is 0 Å². The number of piperidine rings is 1. The average Bonchev–Trinajstić information content (AvgIpc) is 3.55. The SMILES string of the molecule is COc1ccc2cc(C3CCN(CC4=C(c5ccc6ccccc6c5)C5CCC4C5)C(C)C3)ccc2c1. The average molecular weight is 488 g/mol. The number of benzene rings is 4. The Hall–Kier alpha value is -3.10. The molecule has 7 rings (SSSR count). The fourth-order valence-electron chi connectivity index (χ4n) is 7.63. The number of methoxy groups -OCH3 is 1. The van der Waals surface area contributed by atoms with Gasteiger partial charge in [-0.25, -0.2) is 0 Å². The second-order valence-electron chi connectivity index (χ2n) is 11.7. The first-order chi connectivity index (χ1) is 18.2. The zero-order valence-electron chi connectivity index (χ0n) is 22.1. The van der Waals surface area contributed by atoms with Crippen LogP contribution in [0.15, 0.2) is 84.4 Å². The third-order valence-corrected chi connectivity index (χ3v) is 9.67. The minimum absolute atomic E-state index is 0.606. The zero-order valence-corrected chi connectivity index (χ0v) is 22.1. The van der Waals surface area contributed by atoms with Crippen molar-refractivity contribution in [2.24, 2.45) is 11.8 Å². The van der Waals surface area contributed by atoms with Crippen LogP contribution in [-0.2, 0) is 0 Å². The number of allylic oxidation sites excluding steroid dienone is 1. The molecule has 1 saturated carbocycles. The Morgan fingerprint density at radius 1 is 0.730 bits per heavy atom. The fourth-order valence-corrected chi connectivity index (χ4v) is 7.63. The van der Waals surface area contributed by atoms with E-state index in [1.165, 1.54) is 71.3 Å². The van der Waals surface area contributed by atoms with Gasteiger partial charge in [-0.3, -0.25) is 4.90 Å². The van der Waals surface area contributed by atoms with Crippen molar-refractivity contribution in [1.82, 2.24) is 4.90 Å². The molecule has 188 valence electrons. The van der Waals surface area contributed by atoms with E-state index in [2.05, 4.69) is 90.7 Å². The van der Waals surface area contributed by atoms with Crippen molar-refractivity contribution in [3.8, 4) is 5.75 Å². The Morgan fingerprint density at radius 2 is 1.49 bits per heavy atom. The van der Waals surface area contributed by atoms with E-state index in [-0.39, 0.29) is 0 Å². The van der Waals surface area contributed by atoms with Crippen LogP contribution >= 0.6 is 0 Å². The molecular formula is C35H37NO. The van der Waals surface area contributed by atoms with E-state index in [4.69, 9.17) is 4.74 Å². The molecule has 1 aliphatic heterocycles. The Morgan fingerprint density at radius 3 is 2.35 bits per heavy atom. The normalized spacial score (nSPS) is 25.9. The topological polar surface area (TPSA) is 12.5 Å². The zero-order chi connectivity index (χ0) is 24.9. The van der Waals surface area contributed by atoms with Crippen molar-refractivity contribution in [2.45, 2.75) is 51.0 Å². The van der Waals surface area contributed by atoms with Crippen molar-refractivity contribution < 1.29 is 4.74 Å². The summed E-state index contributed by atoms with van der Waals surface area (Å²) in [5.41, 5.74) is 6.44. The van der Waals surface area contributed by atoms with Gasteiger partial charge in [0, 0.05) is 12.6 Å². The van der Waals surface area contributed by atoms with Gasteiger partial charge in [-0.1, -0.05) is 60.7 Å². The molecular weight excluding hydrogens is 450 g/mol. The van der Waals surface area contributed by atoms with Crippen LogP contribution in [0.4, 0.5) is 0 Å². The Labute approximate surface area is 220 Å². The van der Waals surface area contributed by atoms with Crippen molar-refractivity contribution in [2.75, 3.05) is 20.2 Å². The molecule has 2 nitrogen and oxygen atoms in total. The molecule has 4 aromatic carbocycles. The molecule has 0 spiro atoms. The molecule has 1 saturated heterocycles. The van der Waals surface area contributed by atoms with Gasteiger partial charge < -0.3 is 4.74 Å². The second-order valence-corrected chi connectivity index (χ2v) is 11.7. The third-order valence-electron chi connectivity index (χ3n) is 9.67.